The molecule has 1 aromatic carbocycles. The van der Waals surface area contributed by atoms with Crippen LogP contribution in [0.1, 0.15) is 27.2 Å². The lowest BCUT2D eigenvalue weighted by Crippen LogP contribution is -2.23. The van der Waals surface area contributed by atoms with Gasteiger partial charge in [0, 0.05) is 12.1 Å². The summed E-state index contributed by atoms with van der Waals surface area (Å²) in [4.78, 5) is 11.9. The average Bonchev–Trinajstić information content (AvgIpc) is 2.90. The van der Waals surface area contributed by atoms with Crippen molar-refractivity contribution in [3.63, 3.8) is 0 Å². The molecule has 6 nitrogen and oxygen atoms in total. The van der Waals surface area contributed by atoms with Crippen LogP contribution >= 0.6 is 0 Å². The fraction of sp³-hybridized carbons (Fsp3) is 0.143. The van der Waals surface area contributed by atoms with Gasteiger partial charge >= 0.3 is 0 Å². The maximum Gasteiger partial charge on any atom is 0.255 e. The van der Waals surface area contributed by atoms with Gasteiger partial charge in [-0.2, -0.15) is 0 Å². The zero-order chi connectivity index (χ0) is 14.5. The number of rotatable bonds is 4. The standard InChI is InChI=1S/C14H15N3O3/c1-9-12(5-6-20-9)14(18)16-8-10-3-2-4-11(7-10)13(15)17-19/h2-7,19H,8H2,1H3,(H2,15,17)(H,16,18). The highest BCUT2D eigenvalue weighted by Crippen LogP contribution is 2.09. The van der Waals surface area contributed by atoms with Crippen LogP contribution in [0.4, 0.5) is 0 Å². The molecule has 0 atom stereocenters. The minimum Gasteiger partial charge on any atom is -0.469 e. The van der Waals surface area contributed by atoms with E-state index in [1.807, 2.05) is 6.07 Å². The van der Waals surface area contributed by atoms with Gasteiger partial charge in [0.1, 0.15) is 5.76 Å². The molecule has 0 fully saturated rings. The third-order valence-corrected chi connectivity index (χ3v) is 2.89. The van der Waals surface area contributed by atoms with Crippen molar-refractivity contribution in [1.29, 1.82) is 0 Å². The second kappa shape index (κ2) is 5.92. The Kier molecular flexibility index (Phi) is 4.05. The number of oxime groups is 1. The largest absolute Gasteiger partial charge is 0.469 e. The highest BCUT2D eigenvalue weighted by molar-refractivity contribution is 5.97. The number of carbonyl (C=O) groups is 1. The number of nitrogens with one attached hydrogen (secondary N) is 1. The Hall–Kier alpha value is -2.76. The van der Waals surface area contributed by atoms with Gasteiger partial charge in [0.05, 0.1) is 11.8 Å². The van der Waals surface area contributed by atoms with Crippen molar-refractivity contribution in [1.82, 2.24) is 5.32 Å². The van der Waals surface area contributed by atoms with Crippen LogP contribution in [-0.2, 0) is 6.54 Å². The van der Waals surface area contributed by atoms with Crippen LogP contribution in [0.2, 0.25) is 0 Å². The second-order valence-corrected chi connectivity index (χ2v) is 4.26. The van der Waals surface area contributed by atoms with Crippen molar-refractivity contribution < 1.29 is 14.4 Å². The predicted molar refractivity (Wildman–Crippen MR) is 73.6 cm³/mol. The zero-order valence-electron chi connectivity index (χ0n) is 11.0. The third kappa shape index (κ3) is 2.97. The molecular formula is C14H15N3O3. The summed E-state index contributed by atoms with van der Waals surface area (Å²) in [6, 6.07) is 8.71. The van der Waals surface area contributed by atoms with Crippen molar-refractivity contribution in [2.45, 2.75) is 13.5 Å². The van der Waals surface area contributed by atoms with Crippen molar-refractivity contribution >= 4 is 11.7 Å². The number of amidine groups is 1. The van der Waals surface area contributed by atoms with Crippen molar-refractivity contribution in [3.05, 3.63) is 59.0 Å². The summed E-state index contributed by atoms with van der Waals surface area (Å²) in [6.45, 7) is 2.07. The molecule has 1 heterocycles. The van der Waals surface area contributed by atoms with E-state index in [1.54, 1.807) is 31.2 Å². The molecule has 0 radical (unpaired) electrons. The van der Waals surface area contributed by atoms with Gasteiger partial charge in [-0.05, 0) is 24.6 Å². The van der Waals surface area contributed by atoms with Crippen molar-refractivity contribution in [3.8, 4) is 0 Å². The van der Waals surface area contributed by atoms with Gasteiger partial charge in [0.15, 0.2) is 5.84 Å². The smallest absolute Gasteiger partial charge is 0.255 e. The van der Waals surface area contributed by atoms with E-state index in [1.165, 1.54) is 6.26 Å². The first-order chi connectivity index (χ1) is 9.61. The number of furan rings is 1. The quantitative estimate of drug-likeness (QED) is 0.341. The van der Waals surface area contributed by atoms with Crippen molar-refractivity contribution in [2.75, 3.05) is 0 Å². The van der Waals surface area contributed by atoms with Gasteiger partial charge in [0.25, 0.3) is 5.91 Å². The molecule has 6 heteroatoms. The SMILES string of the molecule is Cc1occc1C(=O)NCc1cccc(C(N)=NO)c1. The molecule has 0 aliphatic heterocycles. The maximum absolute atomic E-state index is 11.9. The van der Waals surface area contributed by atoms with Crippen LogP contribution in [0.25, 0.3) is 0 Å². The number of nitrogens with two attached hydrogens (primary N) is 1. The summed E-state index contributed by atoms with van der Waals surface area (Å²) in [5, 5.41) is 14.4. The Bertz CT molecular complexity index is 647. The molecule has 0 saturated carbocycles. The molecular weight excluding hydrogens is 258 g/mol. The number of nitrogens with zero attached hydrogens (tertiary/aromatic N) is 1. The molecule has 2 aromatic rings. The number of hydrogen-bond donors (Lipinski definition) is 3. The van der Waals surface area contributed by atoms with Crippen molar-refractivity contribution in [2.24, 2.45) is 10.9 Å². The summed E-state index contributed by atoms with van der Waals surface area (Å²) in [7, 11) is 0. The number of aryl methyl sites for hydroxylation is 1. The van der Waals surface area contributed by atoms with Crippen LogP contribution in [-0.4, -0.2) is 17.0 Å². The molecule has 0 aliphatic rings. The molecule has 4 N–H and O–H groups in total. The molecule has 20 heavy (non-hydrogen) atoms. The fourth-order valence-corrected chi connectivity index (χ4v) is 1.80. The Morgan fingerprint density at radius 3 is 2.90 bits per heavy atom. The summed E-state index contributed by atoms with van der Waals surface area (Å²) in [5.41, 5.74) is 7.47. The summed E-state index contributed by atoms with van der Waals surface area (Å²) < 4.78 is 5.08. The first kappa shape index (κ1) is 13.7. The molecule has 1 aromatic heterocycles. The summed E-state index contributed by atoms with van der Waals surface area (Å²) in [6.07, 6.45) is 1.48. The van der Waals surface area contributed by atoms with Gasteiger partial charge in [-0.3, -0.25) is 4.79 Å². The lowest BCUT2D eigenvalue weighted by Gasteiger charge is -2.06. The van der Waals surface area contributed by atoms with Crippen LogP contribution in [0.15, 0.2) is 46.2 Å². The Morgan fingerprint density at radius 2 is 2.25 bits per heavy atom. The first-order valence-corrected chi connectivity index (χ1v) is 6.01. The minimum absolute atomic E-state index is 0.0313. The highest BCUT2D eigenvalue weighted by Gasteiger charge is 2.10. The molecule has 104 valence electrons. The third-order valence-electron chi connectivity index (χ3n) is 2.89. The molecule has 0 aliphatic carbocycles. The topological polar surface area (TPSA) is 101 Å². The monoisotopic (exact) mass is 273 g/mol. The Labute approximate surface area is 115 Å². The molecule has 1 amide bonds. The Balaban J connectivity index is 2.05. The highest BCUT2D eigenvalue weighted by atomic mass is 16.4. The van der Waals surface area contributed by atoms with Gasteiger partial charge in [0.2, 0.25) is 0 Å². The van der Waals surface area contributed by atoms with E-state index in [2.05, 4.69) is 10.5 Å². The maximum atomic E-state index is 11.9. The molecule has 0 bridgehead atoms. The minimum atomic E-state index is -0.203. The molecule has 0 unspecified atom stereocenters. The number of amides is 1. The van der Waals surface area contributed by atoms with E-state index in [4.69, 9.17) is 15.4 Å². The van der Waals surface area contributed by atoms with Crippen LogP contribution in [0.5, 0.6) is 0 Å². The summed E-state index contributed by atoms with van der Waals surface area (Å²) >= 11 is 0. The second-order valence-electron chi connectivity index (χ2n) is 4.26. The van der Waals surface area contributed by atoms with E-state index in [-0.39, 0.29) is 11.7 Å². The molecule has 0 spiro atoms. The van der Waals surface area contributed by atoms with Crippen LogP contribution < -0.4 is 11.1 Å². The van der Waals surface area contributed by atoms with E-state index < -0.39 is 0 Å². The van der Waals surface area contributed by atoms with E-state index >= 15 is 0 Å². The summed E-state index contributed by atoms with van der Waals surface area (Å²) in [5.74, 6) is 0.405. The van der Waals surface area contributed by atoms with Crippen LogP contribution in [0, 0.1) is 6.92 Å². The average molecular weight is 273 g/mol. The van der Waals surface area contributed by atoms with Gasteiger partial charge in [-0.15, -0.1) is 0 Å². The van der Waals surface area contributed by atoms with Gasteiger partial charge in [-0.25, -0.2) is 0 Å². The molecule has 0 saturated heterocycles. The Morgan fingerprint density at radius 1 is 1.45 bits per heavy atom. The first-order valence-electron chi connectivity index (χ1n) is 6.01. The number of benzene rings is 1. The number of hydrogen-bond acceptors (Lipinski definition) is 4. The normalized spacial score (nSPS) is 11.3. The van der Waals surface area contributed by atoms with E-state index in [0.717, 1.165) is 5.56 Å². The van der Waals surface area contributed by atoms with E-state index in [9.17, 15) is 4.79 Å². The fourth-order valence-electron chi connectivity index (χ4n) is 1.80. The lowest BCUT2D eigenvalue weighted by atomic mass is 10.1. The zero-order valence-corrected chi connectivity index (χ0v) is 11.0. The van der Waals surface area contributed by atoms with E-state index in [0.29, 0.717) is 23.4 Å². The predicted octanol–water partition coefficient (Wildman–Crippen LogP) is 1.61. The molecule has 2 rings (SSSR count). The van der Waals surface area contributed by atoms with Crippen LogP contribution in [0.3, 0.4) is 0 Å². The lowest BCUT2D eigenvalue weighted by molar-refractivity contribution is 0.0949. The van der Waals surface area contributed by atoms with Gasteiger partial charge in [-0.1, -0.05) is 23.4 Å². The number of carbonyl (C=O) groups excluding carboxylic acids is 1. The van der Waals surface area contributed by atoms with Gasteiger partial charge < -0.3 is 20.7 Å².